The van der Waals surface area contributed by atoms with Gasteiger partial charge in [0.15, 0.2) is 11.1 Å². The molecule has 0 heterocycles. The molecule has 1 aromatic carbocycles. The number of benzene rings is 1. The van der Waals surface area contributed by atoms with Crippen molar-refractivity contribution in [3.8, 4) is 0 Å². The summed E-state index contributed by atoms with van der Waals surface area (Å²) in [6.07, 6.45) is 0. The Bertz CT molecular complexity index is 340. The molecule has 0 aliphatic carbocycles. The van der Waals surface area contributed by atoms with E-state index in [1.54, 1.807) is 6.92 Å². The molecule has 0 fully saturated rings. The van der Waals surface area contributed by atoms with Gasteiger partial charge in [-0.1, -0.05) is 11.6 Å². The highest BCUT2D eigenvalue weighted by Crippen LogP contribution is 2.21. The Kier molecular flexibility index (Phi) is 2.82. The minimum Gasteiger partial charge on any atom is -0.302 e. The Balaban J connectivity index is 3.33. The van der Waals surface area contributed by atoms with Gasteiger partial charge in [-0.3, -0.25) is 0 Å². The van der Waals surface area contributed by atoms with Gasteiger partial charge < -0.3 is 4.55 Å². The van der Waals surface area contributed by atoms with E-state index in [0.29, 0.717) is 5.56 Å². The minimum atomic E-state index is -2.32. The largest absolute Gasteiger partial charge is 0.302 e. The first-order valence-corrected chi connectivity index (χ1v) is 4.57. The molecule has 1 N–H and O–H groups in total. The second-order valence-corrected chi connectivity index (χ2v) is 3.63. The van der Waals surface area contributed by atoms with Crippen LogP contribution in [0.4, 0.5) is 4.39 Å². The van der Waals surface area contributed by atoms with E-state index in [2.05, 4.69) is 0 Å². The molecular formula is C7H6ClFO2S. The second-order valence-electron chi connectivity index (χ2n) is 2.28. The molecule has 0 spiro atoms. The quantitative estimate of drug-likeness (QED) is 0.720. The van der Waals surface area contributed by atoms with E-state index in [0.717, 1.165) is 12.1 Å². The summed E-state index contributed by atoms with van der Waals surface area (Å²) in [6.45, 7) is 1.62. The van der Waals surface area contributed by atoms with Crippen molar-refractivity contribution < 1.29 is 13.2 Å². The molecule has 5 heteroatoms. The fourth-order valence-electron chi connectivity index (χ4n) is 0.762. The zero-order chi connectivity index (χ0) is 9.30. The van der Waals surface area contributed by atoms with Gasteiger partial charge in [0.1, 0.15) is 10.7 Å². The first kappa shape index (κ1) is 9.64. The van der Waals surface area contributed by atoms with Crippen LogP contribution in [0.15, 0.2) is 17.0 Å². The molecule has 0 saturated carbocycles. The average Bonchev–Trinajstić information content (AvgIpc) is 1.96. The lowest BCUT2D eigenvalue weighted by Crippen LogP contribution is -1.94. The molecule has 2 nitrogen and oxygen atoms in total. The fraction of sp³-hybridized carbons (Fsp3) is 0.143. The summed E-state index contributed by atoms with van der Waals surface area (Å²) in [7, 11) is 0. The summed E-state index contributed by atoms with van der Waals surface area (Å²) in [5.41, 5.74) is 0.545. The van der Waals surface area contributed by atoms with Crippen LogP contribution in [-0.4, -0.2) is 8.76 Å². The molecule has 0 aromatic heterocycles. The van der Waals surface area contributed by atoms with Crippen LogP contribution >= 0.6 is 11.6 Å². The highest BCUT2D eigenvalue weighted by Gasteiger charge is 2.10. The maximum atomic E-state index is 12.9. The monoisotopic (exact) mass is 208 g/mol. The van der Waals surface area contributed by atoms with Crippen molar-refractivity contribution in [1.29, 1.82) is 0 Å². The Labute approximate surface area is 76.6 Å². The highest BCUT2D eigenvalue weighted by atomic mass is 35.5. The molecule has 1 atom stereocenters. The van der Waals surface area contributed by atoms with Gasteiger partial charge in [0, 0.05) is 5.02 Å². The lowest BCUT2D eigenvalue weighted by Gasteiger charge is -2.01. The molecule has 0 amide bonds. The third kappa shape index (κ3) is 1.83. The van der Waals surface area contributed by atoms with Gasteiger partial charge in [-0.05, 0) is 24.6 Å². The van der Waals surface area contributed by atoms with Gasteiger partial charge in [-0.2, -0.15) is 0 Å². The second kappa shape index (κ2) is 3.51. The van der Waals surface area contributed by atoms with Crippen molar-refractivity contribution in [1.82, 2.24) is 0 Å². The van der Waals surface area contributed by atoms with Crippen molar-refractivity contribution in [2.45, 2.75) is 11.8 Å². The summed E-state index contributed by atoms with van der Waals surface area (Å²) < 4.78 is 32.0. The van der Waals surface area contributed by atoms with E-state index in [4.69, 9.17) is 16.2 Å². The standard InChI is InChI=1S/C7H6ClFO2S/c1-4-2-6(9)7(12(10)11)3-5(4)8/h2-3H,1H3,(H,10,11). The predicted molar refractivity (Wildman–Crippen MR) is 45.2 cm³/mol. The SMILES string of the molecule is Cc1cc(F)c(S(=O)O)cc1Cl. The van der Waals surface area contributed by atoms with Gasteiger partial charge in [0.05, 0.1) is 0 Å². The lowest BCUT2D eigenvalue weighted by atomic mass is 10.2. The van der Waals surface area contributed by atoms with Crippen molar-refractivity contribution >= 4 is 22.7 Å². The van der Waals surface area contributed by atoms with Gasteiger partial charge in [-0.15, -0.1) is 0 Å². The zero-order valence-corrected chi connectivity index (χ0v) is 7.75. The number of hydrogen-bond acceptors (Lipinski definition) is 1. The number of rotatable bonds is 1. The first-order chi connectivity index (χ1) is 5.52. The summed E-state index contributed by atoms with van der Waals surface area (Å²) in [5.74, 6) is -0.710. The summed E-state index contributed by atoms with van der Waals surface area (Å²) >= 11 is 3.30. The molecule has 1 unspecified atom stereocenters. The van der Waals surface area contributed by atoms with Crippen molar-refractivity contribution in [2.24, 2.45) is 0 Å². The van der Waals surface area contributed by atoms with E-state index in [-0.39, 0.29) is 9.92 Å². The summed E-state index contributed by atoms with van der Waals surface area (Å²) in [4.78, 5) is -0.286. The molecule has 1 aromatic rings. The number of halogens is 2. The average molecular weight is 209 g/mol. The molecule has 0 aliphatic rings. The van der Waals surface area contributed by atoms with Gasteiger partial charge >= 0.3 is 0 Å². The van der Waals surface area contributed by atoms with Crippen molar-refractivity contribution in [3.63, 3.8) is 0 Å². The maximum absolute atomic E-state index is 12.9. The van der Waals surface area contributed by atoms with Gasteiger partial charge in [0.2, 0.25) is 0 Å². The maximum Gasteiger partial charge on any atom is 0.189 e. The number of aryl methyl sites for hydroxylation is 1. The van der Waals surface area contributed by atoms with E-state index in [1.165, 1.54) is 0 Å². The fourth-order valence-corrected chi connectivity index (χ4v) is 1.43. The molecule has 0 aliphatic heterocycles. The van der Waals surface area contributed by atoms with Crippen LogP contribution in [0.5, 0.6) is 0 Å². The van der Waals surface area contributed by atoms with Crippen molar-refractivity contribution in [3.05, 3.63) is 28.5 Å². The molecule has 66 valence electrons. The molecule has 1 rings (SSSR count). The summed E-state index contributed by atoms with van der Waals surface area (Å²) in [6, 6.07) is 2.29. The van der Waals surface area contributed by atoms with Crippen LogP contribution in [0.25, 0.3) is 0 Å². The van der Waals surface area contributed by atoms with Crippen LogP contribution in [0, 0.1) is 12.7 Å². The zero-order valence-electron chi connectivity index (χ0n) is 6.17. The van der Waals surface area contributed by atoms with E-state index >= 15 is 0 Å². The lowest BCUT2D eigenvalue weighted by molar-refractivity contribution is 0.544. The molecule has 12 heavy (non-hydrogen) atoms. The molecular weight excluding hydrogens is 203 g/mol. The van der Waals surface area contributed by atoms with Gasteiger partial charge in [-0.25, -0.2) is 8.60 Å². The van der Waals surface area contributed by atoms with Crippen molar-refractivity contribution in [2.75, 3.05) is 0 Å². The normalized spacial score (nSPS) is 13.0. The minimum absolute atomic E-state index is 0.286. The number of hydrogen-bond donors (Lipinski definition) is 1. The smallest absolute Gasteiger partial charge is 0.189 e. The van der Waals surface area contributed by atoms with E-state index < -0.39 is 16.9 Å². The van der Waals surface area contributed by atoms with Crippen LogP contribution in [0.3, 0.4) is 0 Å². The Morgan fingerprint density at radius 1 is 1.58 bits per heavy atom. The Morgan fingerprint density at radius 3 is 2.67 bits per heavy atom. The van der Waals surface area contributed by atoms with E-state index in [9.17, 15) is 8.60 Å². The molecule has 0 radical (unpaired) electrons. The molecule has 0 saturated heterocycles. The topological polar surface area (TPSA) is 37.3 Å². The van der Waals surface area contributed by atoms with Crippen LogP contribution in [0.2, 0.25) is 5.02 Å². The van der Waals surface area contributed by atoms with Crippen LogP contribution in [-0.2, 0) is 11.1 Å². The Morgan fingerprint density at radius 2 is 2.17 bits per heavy atom. The molecule has 0 bridgehead atoms. The van der Waals surface area contributed by atoms with Gasteiger partial charge in [0.25, 0.3) is 0 Å². The third-order valence-corrected chi connectivity index (χ3v) is 2.50. The first-order valence-electron chi connectivity index (χ1n) is 3.09. The van der Waals surface area contributed by atoms with Crippen LogP contribution in [0.1, 0.15) is 5.56 Å². The third-order valence-electron chi connectivity index (χ3n) is 1.40. The highest BCUT2D eigenvalue weighted by molar-refractivity contribution is 7.79. The predicted octanol–water partition coefficient (Wildman–Crippen LogP) is 2.37. The Hall–Kier alpha value is -0.450. The summed E-state index contributed by atoms with van der Waals surface area (Å²) in [5, 5.41) is 0.286. The van der Waals surface area contributed by atoms with E-state index in [1.807, 2.05) is 0 Å². The van der Waals surface area contributed by atoms with Crippen LogP contribution < -0.4 is 0 Å².